The molecule has 0 fully saturated rings. The summed E-state index contributed by atoms with van der Waals surface area (Å²) < 4.78 is 40.4. The summed E-state index contributed by atoms with van der Waals surface area (Å²) in [7, 11) is 0. The van der Waals surface area contributed by atoms with Gasteiger partial charge in [-0.05, 0) is 32.7 Å². The molecule has 0 aromatic rings. The first-order chi connectivity index (χ1) is 7.45. The van der Waals surface area contributed by atoms with Gasteiger partial charge in [0.25, 0.3) is 0 Å². The molecule has 0 aliphatic heterocycles. The monoisotopic (exact) mass is 241 g/mol. The molecule has 0 saturated heterocycles. The van der Waals surface area contributed by atoms with Crippen molar-refractivity contribution in [2.45, 2.75) is 51.7 Å². The molecule has 1 atom stereocenters. The second-order valence-electron chi connectivity index (χ2n) is 3.97. The van der Waals surface area contributed by atoms with Crippen LogP contribution < -0.4 is 5.32 Å². The minimum atomic E-state index is -4.06. The molecule has 0 amide bonds. The van der Waals surface area contributed by atoms with Crippen molar-refractivity contribution < 1.29 is 17.9 Å². The third kappa shape index (κ3) is 11.8. The fourth-order valence-corrected chi connectivity index (χ4v) is 1.23. The van der Waals surface area contributed by atoms with Crippen LogP contribution in [-0.4, -0.2) is 32.0 Å². The lowest BCUT2D eigenvalue weighted by molar-refractivity contribution is -0.137. The van der Waals surface area contributed by atoms with Gasteiger partial charge in [-0.2, -0.15) is 13.2 Å². The van der Waals surface area contributed by atoms with Gasteiger partial charge in [-0.15, -0.1) is 0 Å². The highest BCUT2D eigenvalue weighted by molar-refractivity contribution is 4.59. The summed E-state index contributed by atoms with van der Waals surface area (Å²) in [5.74, 6) is 0. The molecule has 0 aliphatic carbocycles. The highest BCUT2D eigenvalue weighted by Crippen LogP contribution is 2.20. The predicted molar refractivity (Wildman–Crippen MR) is 58.5 cm³/mol. The van der Waals surface area contributed by atoms with Crippen LogP contribution >= 0.6 is 0 Å². The standard InChI is InChI=1S/C11H22F3NO/c1-3-7-15-10(2)5-9-16-8-4-6-11(12,13)14/h10,15H,3-9H2,1-2H3. The van der Waals surface area contributed by atoms with Crippen LogP contribution in [0.2, 0.25) is 0 Å². The van der Waals surface area contributed by atoms with Crippen molar-refractivity contribution in [2.24, 2.45) is 0 Å². The van der Waals surface area contributed by atoms with E-state index in [1.165, 1.54) is 0 Å². The molecule has 0 aliphatic rings. The molecule has 0 radical (unpaired) electrons. The quantitative estimate of drug-likeness (QED) is 0.626. The highest BCUT2D eigenvalue weighted by atomic mass is 19.4. The lowest BCUT2D eigenvalue weighted by Crippen LogP contribution is -2.27. The van der Waals surface area contributed by atoms with Gasteiger partial charge >= 0.3 is 6.18 Å². The number of ether oxygens (including phenoxy) is 1. The SMILES string of the molecule is CCCNC(C)CCOCCCC(F)(F)F. The number of alkyl halides is 3. The lowest BCUT2D eigenvalue weighted by Gasteiger charge is -2.13. The molecule has 2 nitrogen and oxygen atoms in total. The molecule has 0 heterocycles. The van der Waals surface area contributed by atoms with Crippen molar-refractivity contribution >= 4 is 0 Å². The summed E-state index contributed by atoms with van der Waals surface area (Å²) in [6, 6.07) is 0.363. The van der Waals surface area contributed by atoms with Gasteiger partial charge in [-0.3, -0.25) is 0 Å². The Morgan fingerprint density at radius 1 is 1.25 bits per heavy atom. The van der Waals surface area contributed by atoms with E-state index in [4.69, 9.17) is 4.74 Å². The number of hydrogen-bond acceptors (Lipinski definition) is 2. The Labute approximate surface area is 95.5 Å². The average Bonchev–Trinajstić information content (AvgIpc) is 2.18. The third-order valence-corrected chi connectivity index (χ3v) is 2.19. The van der Waals surface area contributed by atoms with E-state index in [-0.39, 0.29) is 13.0 Å². The van der Waals surface area contributed by atoms with Gasteiger partial charge in [-0.25, -0.2) is 0 Å². The minimum absolute atomic E-state index is 0.0558. The summed E-state index contributed by atoms with van der Waals surface area (Å²) in [4.78, 5) is 0. The van der Waals surface area contributed by atoms with Crippen molar-refractivity contribution in [2.75, 3.05) is 19.8 Å². The Morgan fingerprint density at radius 2 is 1.94 bits per heavy atom. The first kappa shape index (κ1) is 15.7. The number of rotatable bonds is 9. The van der Waals surface area contributed by atoms with Crippen molar-refractivity contribution in [3.63, 3.8) is 0 Å². The van der Waals surface area contributed by atoms with Crippen LogP contribution in [0.25, 0.3) is 0 Å². The smallest absolute Gasteiger partial charge is 0.381 e. The summed E-state index contributed by atoms with van der Waals surface area (Å²) in [5.41, 5.74) is 0. The molecule has 98 valence electrons. The average molecular weight is 241 g/mol. The second-order valence-corrected chi connectivity index (χ2v) is 3.97. The molecule has 1 N–H and O–H groups in total. The van der Waals surface area contributed by atoms with Gasteiger partial charge in [-0.1, -0.05) is 6.92 Å². The molecule has 1 unspecified atom stereocenters. The van der Waals surface area contributed by atoms with Crippen molar-refractivity contribution in [1.82, 2.24) is 5.32 Å². The van der Waals surface area contributed by atoms with Crippen LogP contribution in [-0.2, 0) is 4.74 Å². The van der Waals surface area contributed by atoms with Gasteiger partial charge in [0.2, 0.25) is 0 Å². The van der Waals surface area contributed by atoms with E-state index >= 15 is 0 Å². The summed E-state index contributed by atoms with van der Waals surface area (Å²) >= 11 is 0. The Hall–Kier alpha value is -0.290. The Morgan fingerprint density at radius 3 is 2.50 bits per heavy atom. The zero-order valence-corrected chi connectivity index (χ0v) is 10.1. The van der Waals surface area contributed by atoms with Crippen LogP contribution in [0.3, 0.4) is 0 Å². The molecule has 0 saturated carbocycles. The number of nitrogens with one attached hydrogen (secondary N) is 1. The predicted octanol–water partition coefficient (Wildman–Crippen LogP) is 3.12. The maximum absolute atomic E-state index is 11.8. The van der Waals surface area contributed by atoms with E-state index in [9.17, 15) is 13.2 Å². The number of hydrogen-bond donors (Lipinski definition) is 1. The van der Waals surface area contributed by atoms with Crippen LogP contribution in [0.1, 0.15) is 39.5 Å². The normalized spacial score (nSPS) is 14.1. The molecule has 0 spiro atoms. The summed E-state index contributed by atoms with van der Waals surface area (Å²) in [6.07, 6.45) is -2.83. The highest BCUT2D eigenvalue weighted by Gasteiger charge is 2.25. The maximum atomic E-state index is 11.8. The second kappa shape index (κ2) is 8.82. The summed E-state index contributed by atoms with van der Waals surface area (Å²) in [5, 5.41) is 3.29. The van der Waals surface area contributed by atoms with Crippen LogP contribution in [0, 0.1) is 0 Å². The first-order valence-electron chi connectivity index (χ1n) is 5.83. The van der Waals surface area contributed by atoms with E-state index in [0.29, 0.717) is 12.6 Å². The van der Waals surface area contributed by atoms with E-state index in [2.05, 4.69) is 19.2 Å². The van der Waals surface area contributed by atoms with Gasteiger partial charge in [0.05, 0.1) is 0 Å². The molecule has 0 rings (SSSR count). The Balaban J connectivity index is 3.20. The molecule has 16 heavy (non-hydrogen) atoms. The fraction of sp³-hybridized carbons (Fsp3) is 1.00. The number of halogens is 3. The van der Waals surface area contributed by atoms with E-state index in [1.54, 1.807) is 0 Å². The maximum Gasteiger partial charge on any atom is 0.389 e. The van der Waals surface area contributed by atoms with Crippen LogP contribution in [0.4, 0.5) is 13.2 Å². The molecular formula is C11H22F3NO. The largest absolute Gasteiger partial charge is 0.389 e. The van der Waals surface area contributed by atoms with Crippen LogP contribution in [0.15, 0.2) is 0 Å². The lowest BCUT2D eigenvalue weighted by atomic mass is 10.2. The Kier molecular flexibility index (Phi) is 8.66. The third-order valence-electron chi connectivity index (χ3n) is 2.19. The van der Waals surface area contributed by atoms with Crippen molar-refractivity contribution in [3.8, 4) is 0 Å². The molecule has 0 aromatic carbocycles. The minimum Gasteiger partial charge on any atom is -0.381 e. The zero-order chi connectivity index (χ0) is 12.4. The van der Waals surface area contributed by atoms with Gasteiger partial charge in [0.15, 0.2) is 0 Å². The first-order valence-corrected chi connectivity index (χ1v) is 5.83. The van der Waals surface area contributed by atoms with Gasteiger partial charge < -0.3 is 10.1 Å². The molecular weight excluding hydrogens is 219 g/mol. The van der Waals surface area contributed by atoms with Gasteiger partial charge in [0.1, 0.15) is 0 Å². The van der Waals surface area contributed by atoms with E-state index in [0.717, 1.165) is 19.4 Å². The fourth-order valence-electron chi connectivity index (χ4n) is 1.23. The van der Waals surface area contributed by atoms with Crippen molar-refractivity contribution in [1.29, 1.82) is 0 Å². The van der Waals surface area contributed by atoms with E-state index in [1.807, 2.05) is 0 Å². The molecule has 0 aromatic heterocycles. The zero-order valence-electron chi connectivity index (χ0n) is 10.1. The van der Waals surface area contributed by atoms with Gasteiger partial charge in [0, 0.05) is 25.7 Å². The molecule has 0 bridgehead atoms. The summed E-state index contributed by atoms with van der Waals surface area (Å²) in [6.45, 7) is 5.83. The molecule has 5 heteroatoms. The Bertz CT molecular complexity index is 162. The topological polar surface area (TPSA) is 21.3 Å². The van der Waals surface area contributed by atoms with E-state index < -0.39 is 12.6 Å². The van der Waals surface area contributed by atoms with Crippen LogP contribution in [0.5, 0.6) is 0 Å². The van der Waals surface area contributed by atoms with Crippen molar-refractivity contribution in [3.05, 3.63) is 0 Å².